The average Bonchev–Trinajstić information content (AvgIpc) is 3.85. The number of amides is 1. The van der Waals surface area contributed by atoms with Gasteiger partial charge in [0, 0.05) is 37.8 Å². The lowest BCUT2D eigenvalue weighted by atomic mass is 9.96. The maximum atomic E-state index is 13.6. The zero-order chi connectivity index (χ0) is 31.1. The molecule has 3 N–H and O–H groups in total. The number of aliphatic carboxylic acids is 1. The molecule has 1 aromatic carbocycles. The minimum atomic E-state index is -1.10. The number of fused-ring (bicyclic) bond motifs is 2. The van der Waals surface area contributed by atoms with Crippen molar-refractivity contribution < 1.29 is 23.8 Å². The number of rotatable bonds is 16. The number of ether oxygens (including phenoxy) is 1. The summed E-state index contributed by atoms with van der Waals surface area (Å²) in [6.45, 7) is 3.48. The number of hydrogen-bond acceptors (Lipinski definition) is 8. The van der Waals surface area contributed by atoms with Crippen molar-refractivity contribution in [3.8, 4) is 0 Å². The van der Waals surface area contributed by atoms with Gasteiger partial charge in [-0.1, -0.05) is 24.3 Å². The molecule has 1 saturated carbocycles. The smallest absolute Gasteiger partial charge is 0.326 e. The summed E-state index contributed by atoms with van der Waals surface area (Å²) in [6, 6.07) is 10.7. The molecule has 3 aromatic rings. The molecule has 0 saturated heterocycles. The summed E-state index contributed by atoms with van der Waals surface area (Å²) >= 11 is 0. The van der Waals surface area contributed by atoms with Crippen LogP contribution in [0.3, 0.4) is 0 Å². The predicted octanol–water partition coefficient (Wildman–Crippen LogP) is 3.99. The number of para-hydroxylation sites is 1. The van der Waals surface area contributed by atoms with Gasteiger partial charge in [-0.05, 0) is 82.5 Å². The van der Waals surface area contributed by atoms with E-state index in [-0.39, 0.29) is 12.3 Å². The Bertz CT molecular complexity index is 1460. The Morgan fingerprint density at radius 1 is 1.14 bits per heavy atom. The van der Waals surface area contributed by atoms with E-state index in [4.69, 9.17) is 9.72 Å². The highest BCUT2D eigenvalue weighted by Crippen LogP contribution is 2.49. The van der Waals surface area contributed by atoms with Crippen LogP contribution in [0.15, 0.2) is 36.4 Å². The van der Waals surface area contributed by atoms with Crippen LogP contribution < -0.4 is 10.6 Å². The van der Waals surface area contributed by atoms with Crippen molar-refractivity contribution in [2.45, 2.75) is 75.9 Å². The van der Waals surface area contributed by atoms with Gasteiger partial charge < -0.3 is 25.4 Å². The summed E-state index contributed by atoms with van der Waals surface area (Å²) in [5, 5.41) is 17.0. The zero-order valence-corrected chi connectivity index (χ0v) is 25.6. The number of hydrogen-bond donors (Lipinski definition) is 3. The molecule has 1 aliphatic carbocycles. The molecule has 3 heterocycles. The average molecular weight is 607 g/mol. The highest BCUT2D eigenvalue weighted by molar-refractivity contribution is 5.97. The molecule has 5 rings (SSSR count). The molecule has 0 spiro atoms. The van der Waals surface area contributed by atoms with E-state index in [1.165, 1.54) is 12.7 Å². The van der Waals surface area contributed by atoms with Gasteiger partial charge in [0.25, 0.3) is 0 Å². The third-order valence-corrected chi connectivity index (χ3v) is 8.77. The van der Waals surface area contributed by atoms with Gasteiger partial charge in [0.2, 0.25) is 5.91 Å². The van der Waals surface area contributed by atoms with Gasteiger partial charge in [-0.3, -0.25) is 4.79 Å². The van der Waals surface area contributed by atoms with Gasteiger partial charge in [0.15, 0.2) is 0 Å². The number of carboxylic acid groups (broad SMARTS) is 1. The highest BCUT2D eigenvalue weighted by atomic mass is 19.1. The van der Waals surface area contributed by atoms with Crippen LogP contribution in [-0.2, 0) is 32.6 Å². The predicted molar refractivity (Wildman–Crippen MR) is 167 cm³/mol. The molecule has 1 fully saturated rings. The van der Waals surface area contributed by atoms with E-state index in [9.17, 15) is 19.1 Å². The number of methoxy groups -OCH3 is 1. The summed E-state index contributed by atoms with van der Waals surface area (Å²) in [5.41, 5.74) is 2.85. The number of carbonyl (C=O) groups excluding carboxylic acids is 1. The van der Waals surface area contributed by atoms with E-state index < -0.39 is 30.2 Å². The molecule has 0 bridgehead atoms. The Labute approximate surface area is 257 Å². The molecule has 2 atom stereocenters. The van der Waals surface area contributed by atoms with Crippen molar-refractivity contribution >= 4 is 28.6 Å². The number of aryl methyl sites for hydroxylation is 3. The SMILES string of the molecule is COC(CF)CN(CCCCc1ccc2c(n1)NCCC2)CCC(NC(=O)C1(c2nc(C)nc3ccccc23)CC1)C(=O)O. The number of nitrogens with one attached hydrogen (secondary N) is 2. The van der Waals surface area contributed by atoms with Gasteiger partial charge in [-0.15, -0.1) is 0 Å². The standard InChI is InChI=1S/C33H43FN6O4/c1-22-36-27-11-4-3-10-26(27)29(37-22)33(15-16-33)32(43)39-28(31(41)42)14-19-40(21-25(20-34)44-2)18-6-5-9-24-13-12-23-8-7-17-35-30(23)38-24/h3-4,10-13,25,28H,5-9,14-21H2,1-2H3,(H,35,38)(H,39,43)(H,41,42). The fraction of sp³-hybridized carbons (Fsp3) is 0.545. The lowest BCUT2D eigenvalue weighted by molar-refractivity contribution is -0.142. The van der Waals surface area contributed by atoms with Crippen LogP contribution in [0.1, 0.15) is 61.3 Å². The third-order valence-electron chi connectivity index (χ3n) is 8.77. The van der Waals surface area contributed by atoms with Gasteiger partial charge >= 0.3 is 5.97 Å². The fourth-order valence-corrected chi connectivity index (χ4v) is 6.04. The number of anilines is 1. The molecule has 2 unspecified atom stereocenters. The highest BCUT2D eigenvalue weighted by Gasteiger charge is 2.54. The topological polar surface area (TPSA) is 130 Å². The summed E-state index contributed by atoms with van der Waals surface area (Å²) in [4.78, 5) is 41.8. The Hall–Kier alpha value is -3.70. The van der Waals surface area contributed by atoms with Gasteiger partial charge in [0.1, 0.15) is 24.4 Å². The first-order valence-corrected chi connectivity index (χ1v) is 15.6. The molecule has 1 amide bonds. The van der Waals surface area contributed by atoms with E-state index in [0.29, 0.717) is 44.0 Å². The van der Waals surface area contributed by atoms with Crippen molar-refractivity contribution in [2.75, 3.05) is 45.3 Å². The Morgan fingerprint density at radius 2 is 1.95 bits per heavy atom. The second-order valence-corrected chi connectivity index (χ2v) is 12.0. The lowest BCUT2D eigenvalue weighted by Crippen LogP contribution is -2.48. The summed E-state index contributed by atoms with van der Waals surface area (Å²) < 4.78 is 18.9. The van der Waals surface area contributed by atoms with Gasteiger partial charge in [0.05, 0.1) is 22.7 Å². The molecular weight excluding hydrogens is 563 g/mol. The molecule has 0 radical (unpaired) electrons. The maximum absolute atomic E-state index is 13.6. The number of nitrogens with zero attached hydrogens (tertiary/aromatic N) is 4. The second kappa shape index (κ2) is 14.4. The van der Waals surface area contributed by atoms with Crippen molar-refractivity contribution in [3.05, 3.63) is 59.2 Å². The number of aromatic nitrogens is 3. The number of halogens is 1. The molecule has 10 nitrogen and oxygen atoms in total. The largest absolute Gasteiger partial charge is 0.480 e. The van der Waals surface area contributed by atoms with E-state index in [0.717, 1.165) is 61.1 Å². The summed E-state index contributed by atoms with van der Waals surface area (Å²) in [5.74, 6) is 0.130. The number of alkyl halides is 1. The number of carboxylic acids is 1. The normalized spacial score (nSPS) is 16.6. The van der Waals surface area contributed by atoms with Crippen LogP contribution in [-0.4, -0.2) is 88.9 Å². The third kappa shape index (κ3) is 7.50. The first-order chi connectivity index (χ1) is 21.3. The Morgan fingerprint density at radius 3 is 2.70 bits per heavy atom. The summed E-state index contributed by atoms with van der Waals surface area (Å²) in [7, 11) is 1.48. The van der Waals surface area contributed by atoms with Crippen molar-refractivity contribution in [1.82, 2.24) is 25.2 Å². The van der Waals surface area contributed by atoms with Gasteiger partial charge in [-0.25, -0.2) is 24.1 Å². The molecule has 2 aromatic heterocycles. The monoisotopic (exact) mass is 606 g/mol. The van der Waals surface area contributed by atoms with Crippen LogP contribution in [0.25, 0.3) is 10.9 Å². The minimum Gasteiger partial charge on any atom is -0.480 e. The molecule has 236 valence electrons. The second-order valence-electron chi connectivity index (χ2n) is 12.0. The summed E-state index contributed by atoms with van der Waals surface area (Å²) in [6.07, 6.45) is 5.50. The van der Waals surface area contributed by atoms with Crippen LogP contribution in [0, 0.1) is 6.92 Å². The van der Waals surface area contributed by atoms with E-state index >= 15 is 0 Å². The minimum absolute atomic E-state index is 0.182. The van der Waals surface area contributed by atoms with Crippen molar-refractivity contribution in [2.24, 2.45) is 0 Å². The Balaban J connectivity index is 1.20. The maximum Gasteiger partial charge on any atom is 0.326 e. The number of carbonyl (C=O) groups is 2. The molecule has 11 heteroatoms. The quantitative estimate of drug-likeness (QED) is 0.207. The van der Waals surface area contributed by atoms with Crippen LogP contribution >= 0.6 is 0 Å². The molecule has 44 heavy (non-hydrogen) atoms. The van der Waals surface area contributed by atoms with Crippen LogP contribution in [0.4, 0.5) is 10.2 Å². The first-order valence-electron chi connectivity index (χ1n) is 15.6. The van der Waals surface area contributed by atoms with Gasteiger partial charge in [-0.2, -0.15) is 0 Å². The zero-order valence-electron chi connectivity index (χ0n) is 25.6. The van der Waals surface area contributed by atoms with E-state index in [2.05, 4.69) is 32.7 Å². The van der Waals surface area contributed by atoms with E-state index in [1.807, 2.05) is 29.2 Å². The number of unbranched alkanes of at least 4 members (excludes halogenated alkanes) is 1. The van der Waals surface area contributed by atoms with Crippen LogP contribution in [0.2, 0.25) is 0 Å². The number of pyridine rings is 1. The van der Waals surface area contributed by atoms with Crippen molar-refractivity contribution in [3.63, 3.8) is 0 Å². The van der Waals surface area contributed by atoms with E-state index in [1.54, 1.807) is 6.92 Å². The fourth-order valence-electron chi connectivity index (χ4n) is 6.04. The first kappa shape index (κ1) is 31.7. The van der Waals surface area contributed by atoms with Crippen LogP contribution in [0.5, 0.6) is 0 Å². The lowest BCUT2D eigenvalue weighted by Gasteiger charge is -2.27. The molecular formula is C33H43FN6O4. The molecule has 1 aliphatic heterocycles. The van der Waals surface area contributed by atoms with Crippen molar-refractivity contribution in [1.29, 1.82) is 0 Å². The molecule has 2 aliphatic rings. The Kier molecular flexibility index (Phi) is 10.4. The number of benzene rings is 1.